The van der Waals surface area contributed by atoms with Gasteiger partial charge in [0, 0.05) is 5.69 Å². The standard InChI is InChI=1S/C14H19N.C2H6/c1-5-7-8-14-12(6-2)9-10-13(15-14)11(3)4;1-2/h5,7-11H,1,6H2,2-4H3;1-2H3/b8-7-;. The normalized spacial score (nSPS) is 10.2. The van der Waals surface area contributed by atoms with Crippen LogP contribution in [-0.2, 0) is 6.42 Å². The Bertz CT molecular complexity index is 362. The Morgan fingerprint density at radius 3 is 2.41 bits per heavy atom. The molecule has 0 bridgehead atoms. The number of allylic oxidation sites excluding steroid dienone is 2. The second-order valence-corrected chi connectivity index (χ2v) is 3.88. The molecule has 1 heterocycles. The van der Waals surface area contributed by atoms with Crippen molar-refractivity contribution < 1.29 is 0 Å². The summed E-state index contributed by atoms with van der Waals surface area (Å²) in [4.78, 5) is 4.65. The van der Waals surface area contributed by atoms with E-state index in [2.05, 4.69) is 44.5 Å². The highest BCUT2D eigenvalue weighted by molar-refractivity contribution is 5.51. The van der Waals surface area contributed by atoms with E-state index in [1.165, 1.54) is 5.56 Å². The first-order valence-corrected chi connectivity index (χ1v) is 6.48. The molecule has 0 amide bonds. The van der Waals surface area contributed by atoms with Crippen LogP contribution in [0.25, 0.3) is 6.08 Å². The molecule has 0 aromatic carbocycles. The zero-order valence-electron chi connectivity index (χ0n) is 11.8. The summed E-state index contributed by atoms with van der Waals surface area (Å²) in [5, 5.41) is 0. The summed E-state index contributed by atoms with van der Waals surface area (Å²) in [6, 6.07) is 4.29. The third-order valence-electron chi connectivity index (χ3n) is 2.40. The maximum absolute atomic E-state index is 4.65. The van der Waals surface area contributed by atoms with Crippen molar-refractivity contribution in [2.75, 3.05) is 0 Å². The monoisotopic (exact) mass is 231 g/mol. The van der Waals surface area contributed by atoms with Gasteiger partial charge in [-0.3, -0.25) is 4.98 Å². The second kappa shape index (κ2) is 8.74. The van der Waals surface area contributed by atoms with Crippen molar-refractivity contribution in [1.82, 2.24) is 4.98 Å². The highest BCUT2D eigenvalue weighted by atomic mass is 14.7. The Labute approximate surface area is 106 Å². The summed E-state index contributed by atoms with van der Waals surface area (Å²) < 4.78 is 0. The first-order chi connectivity index (χ1) is 8.19. The molecule has 1 aromatic heterocycles. The molecule has 0 N–H and O–H groups in total. The van der Waals surface area contributed by atoms with Gasteiger partial charge in [-0.25, -0.2) is 0 Å². The minimum Gasteiger partial charge on any atom is -0.253 e. The predicted octanol–water partition coefficient (Wildman–Crippen LogP) is 4.99. The lowest BCUT2D eigenvalue weighted by molar-refractivity contribution is 0.816. The number of hydrogen-bond donors (Lipinski definition) is 0. The van der Waals surface area contributed by atoms with E-state index in [0.717, 1.165) is 17.8 Å². The quantitative estimate of drug-likeness (QED) is 0.665. The van der Waals surface area contributed by atoms with Crippen LogP contribution in [0.3, 0.4) is 0 Å². The van der Waals surface area contributed by atoms with Crippen molar-refractivity contribution in [2.24, 2.45) is 0 Å². The number of aromatic nitrogens is 1. The van der Waals surface area contributed by atoms with Gasteiger partial charge in [0.1, 0.15) is 0 Å². The van der Waals surface area contributed by atoms with Crippen molar-refractivity contribution in [3.05, 3.63) is 47.8 Å². The summed E-state index contributed by atoms with van der Waals surface area (Å²) in [6.45, 7) is 14.1. The topological polar surface area (TPSA) is 12.9 Å². The Kier molecular flexibility index (Phi) is 8.04. The van der Waals surface area contributed by atoms with E-state index in [1.807, 2.05) is 26.0 Å². The molecule has 1 heteroatoms. The molecule has 0 atom stereocenters. The molecule has 0 aliphatic carbocycles. The van der Waals surface area contributed by atoms with Gasteiger partial charge in [-0.05, 0) is 30.0 Å². The van der Waals surface area contributed by atoms with E-state index in [4.69, 9.17) is 0 Å². The van der Waals surface area contributed by atoms with Crippen LogP contribution in [0.1, 0.15) is 57.5 Å². The molecule has 0 unspecified atom stereocenters. The molecule has 0 saturated heterocycles. The van der Waals surface area contributed by atoms with Gasteiger partial charge in [0.25, 0.3) is 0 Å². The van der Waals surface area contributed by atoms with E-state index >= 15 is 0 Å². The van der Waals surface area contributed by atoms with Gasteiger partial charge in [-0.2, -0.15) is 0 Å². The average Bonchev–Trinajstić information content (AvgIpc) is 2.38. The Hall–Kier alpha value is -1.37. The zero-order chi connectivity index (χ0) is 13.3. The smallest absolute Gasteiger partial charge is 0.0664 e. The molecule has 1 nitrogen and oxygen atoms in total. The van der Waals surface area contributed by atoms with Crippen LogP contribution in [-0.4, -0.2) is 4.98 Å². The van der Waals surface area contributed by atoms with Crippen molar-refractivity contribution in [3.63, 3.8) is 0 Å². The maximum Gasteiger partial charge on any atom is 0.0664 e. The molecule has 0 saturated carbocycles. The maximum atomic E-state index is 4.65. The molecule has 1 aromatic rings. The molecule has 0 spiro atoms. The van der Waals surface area contributed by atoms with Crippen LogP contribution in [0.4, 0.5) is 0 Å². The van der Waals surface area contributed by atoms with Gasteiger partial charge in [0.2, 0.25) is 0 Å². The largest absolute Gasteiger partial charge is 0.253 e. The molecule has 1 rings (SSSR count). The van der Waals surface area contributed by atoms with E-state index in [0.29, 0.717) is 5.92 Å². The fourth-order valence-corrected chi connectivity index (χ4v) is 1.44. The lowest BCUT2D eigenvalue weighted by Crippen LogP contribution is -1.98. The molecule has 17 heavy (non-hydrogen) atoms. The highest BCUT2D eigenvalue weighted by Crippen LogP contribution is 2.16. The molecule has 0 aliphatic heterocycles. The zero-order valence-corrected chi connectivity index (χ0v) is 11.8. The van der Waals surface area contributed by atoms with Crippen LogP contribution in [0, 0.1) is 0 Å². The highest BCUT2D eigenvalue weighted by Gasteiger charge is 2.04. The third kappa shape index (κ3) is 4.99. The Morgan fingerprint density at radius 1 is 1.29 bits per heavy atom. The Balaban J connectivity index is 0.00000121. The number of nitrogens with zero attached hydrogens (tertiary/aromatic N) is 1. The van der Waals surface area contributed by atoms with Crippen LogP contribution in [0.15, 0.2) is 30.9 Å². The third-order valence-corrected chi connectivity index (χ3v) is 2.40. The number of pyridine rings is 1. The fourth-order valence-electron chi connectivity index (χ4n) is 1.44. The lowest BCUT2D eigenvalue weighted by atomic mass is 10.1. The summed E-state index contributed by atoms with van der Waals surface area (Å²) in [6.07, 6.45) is 6.76. The van der Waals surface area contributed by atoms with E-state index in [9.17, 15) is 0 Å². The van der Waals surface area contributed by atoms with Crippen LogP contribution >= 0.6 is 0 Å². The van der Waals surface area contributed by atoms with Crippen LogP contribution in [0.2, 0.25) is 0 Å². The lowest BCUT2D eigenvalue weighted by Gasteiger charge is -2.08. The van der Waals surface area contributed by atoms with Gasteiger partial charge >= 0.3 is 0 Å². The van der Waals surface area contributed by atoms with Gasteiger partial charge in [0.15, 0.2) is 0 Å². The van der Waals surface area contributed by atoms with Gasteiger partial charge in [0.05, 0.1) is 5.69 Å². The Morgan fingerprint density at radius 2 is 1.94 bits per heavy atom. The van der Waals surface area contributed by atoms with Crippen molar-refractivity contribution >= 4 is 6.08 Å². The van der Waals surface area contributed by atoms with Gasteiger partial charge in [-0.15, -0.1) is 0 Å². The minimum absolute atomic E-state index is 0.479. The first-order valence-electron chi connectivity index (χ1n) is 6.48. The van der Waals surface area contributed by atoms with Crippen LogP contribution < -0.4 is 0 Å². The van der Waals surface area contributed by atoms with Crippen molar-refractivity contribution in [1.29, 1.82) is 0 Å². The summed E-state index contributed by atoms with van der Waals surface area (Å²) >= 11 is 0. The van der Waals surface area contributed by atoms with E-state index in [-0.39, 0.29) is 0 Å². The summed E-state index contributed by atoms with van der Waals surface area (Å²) in [7, 11) is 0. The average molecular weight is 231 g/mol. The molecular weight excluding hydrogens is 206 g/mol. The first kappa shape index (κ1) is 15.6. The van der Waals surface area contributed by atoms with Crippen molar-refractivity contribution in [3.8, 4) is 0 Å². The molecule has 0 radical (unpaired) electrons. The van der Waals surface area contributed by atoms with Gasteiger partial charge < -0.3 is 0 Å². The number of aryl methyl sites for hydroxylation is 1. The second-order valence-electron chi connectivity index (χ2n) is 3.88. The molecular formula is C16H25N. The fraction of sp³-hybridized carbons (Fsp3) is 0.438. The van der Waals surface area contributed by atoms with Crippen molar-refractivity contribution in [2.45, 2.75) is 47.0 Å². The molecule has 0 fully saturated rings. The van der Waals surface area contributed by atoms with Crippen LogP contribution in [0.5, 0.6) is 0 Å². The molecule has 0 aliphatic rings. The summed E-state index contributed by atoms with van der Waals surface area (Å²) in [5.74, 6) is 0.479. The van der Waals surface area contributed by atoms with Gasteiger partial charge in [-0.1, -0.05) is 59.4 Å². The SMILES string of the molecule is C=C/C=C\c1nc(C(C)C)ccc1CC.CC. The van der Waals surface area contributed by atoms with E-state index < -0.39 is 0 Å². The number of hydrogen-bond acceptors (Lipinski definition) is 1. The predicted molar refractivity (Wildman–Crippen MR) is 78.3 cm³/mol. The number of rotatable bonds is 4. The summed E-state index contributed by atoms with van der Waals surface area (Å²) in [5.41, 5.74) is 3.51. The van der Waals surface area contributed by atoms with E-state index in [1.54, 1.807) is 6.08 Å². The minimum atomic E-state index is 0.479. The molecule has 94 valence electrons.